The van der Waals surface area contributed by atoms with Gasteiger partial charge in [-0.1, -0.05) is 109 Å². The standard InChI is InChI=1S/C50H51N5O6/c1-3-54(52-35-40-25-26-41(56)34-47(40)60-2)49(58)39-20-14-19-38(33-39)48(57)51-29-32-53-30-27-42(28-31-53)61-50(59)55(45-23-12-10-21-43(45)36-15-6-4-7-16-36)46-24-13-11-22-44(46)37-17-8-5-9-18-37/h4-26,33-34,42,52,56H,3,27-32,35H2,1-2H3,(H,51,57). The topological polar surface area (TPSA) is 124 Å². The Balaban J connectivity index is 0.954. The first kappa shape index (κ1) is 42.2. The first-order valence-corrected chi connectivity index (χ1v) is 20.6. The summed E-state index contributed by atoms with van der Waals surface area (Å²) in [4.78, 5) is 45.1. The number of methoxy groups -OCH3 is 1. The second-order valence-electron chi connectivity index (χ2n) is 14.7. The molecular formula is C50H51N5O6. The van der Waals surface area contributed by atoms with Gasteiger partial charge in [-0.15, -0.1) is 0 Å². The van der Waals surface area contributed by atoms with Gasteiger partial charge in [0.1, 0.15) is 17.6 Å². The van der Waals surface area contributed by atoms with E-state index in [1.165, 1.54) is 18.2 Å². The summed E-state index contributed by atoms with van der Waals surface area (Å²) < 4.78 is 11.7. The van der Waals surface area contributed by atoms with Gasteiger partial charge in [0.2, 0.25) is 0 Å². The van der Waals surface area contributed by atoms with Crippen molar-refractivity contribution >= 4 is 29.3 Å². The number of piperidine rings is 1. The lowest BCUT2D eigenvalue weighted by atomic mass is 10.00. The van der Waals surface area contributed by atoms with Gasteiger partial charge in [-0.3, -0.25) is 14.6 Å². The lowest BCUT2D eigenvalue weighted by Gasteiger charge is -2.34. The van der Waals surface area contributed by atoms with Crippen molar-refractivity contribution in [3.05, 3.63) is 168 Å². The molecule has 11 nitrogen and oxygen atoms in total. The van der Waals surface area contributed by atoms with E-state index in [0.717, 1.165) is 39.2 Å². The number of hydrogen-bond acceptors (Lipinski definition) is 8. The number of carbonyl (C=O) groups excluding carboxylic acids is 3. The number of anilines is 2. The number of amides is 3. The average Bonchev–Trinajstić information content (AvgIpc) is 3.31. The fourth-order valence-corrected chi connectivity index (χ4v) is 7.60. The van der Waals surface area contributed by atoms with E-state index in [4.69, 9.17) is 9.47 Å². The number of aromatic hydroxyl groups is 1. The second-order valence-corrected chi connectivity index (χ2v) is 14.7. The number of nitrogens with one attached hydrogen (secondary N) is 2. The van der Waals surface area contributed by atoms with Crippen LogP contribution < -0.4 is 20.4 Å². The molecule has 1 aliphatic heterocycles. The molecule has 0 saturated carbocycles. The molecule has 0 aliphatic carbocycles. The Kier molecular flexibility index (Phi) is 14.1. The van der Waals surface area contributed by atoms with E-state index in [1.54, 1.807) is 41.3 Å². The molecule has 1 heterocycles. The number of hydrogen-bond donors (Lipinski definition) is 3. The summed E-state index contributed by atoms with van der Waals surface area (Å²) in [5, 5.41) is 14.3. The van der Waals surface area contributed by atoms with E-state index < -0.39 is 6.09 Å². The minimum atomic E-state index is -0.436. The minimum Gasteiger partial charge on any atom is -0.508 e. The highest BCUT2D eigenvalue weighted by molar-refractivity contribution is 6.04. The molecule has 0 spiro atoms. The van der Waals surface area contributed by atoms with Crippen molar-refractivity contribution in [3.63, 3.8) is 0 Å². The third-order valence-corrected chi connectivity index (χ3v) is 10.8. The van der Waals surface area contributed by atoms with Gasteiger partial charge in [0.25, 0.3) is 11.8 Å². The van der Waals surface area contributed by atoms with E-state index in [0.29, 0.717) is 69.0 Å². The predicted octanol–water partition coefficient (Wildman–Crippen LogP) is 9.07. The van der Waals surface area contributed by atoms with Gasteiger partial charge >= 0.3 is 6.09 Å². The van der Waals surface area contributed by atoms with Crippen LogP contribution in [-0.4, -0.2) is 78.9 Å². The fraction of sp³-hybridized carbons (Fsp3) is 0.220. The molecule has 3 N–H and O–H groups in total. The number of phenols is 1. The summed E-state index contributed by atoms with van der Waals surface area (Å²) in [6.45, 7) is 4.99. The Bertz CT molecular complexity index is 2340. The van der Waals surface area contributed by atoms with Gasteiger partial charge in [-0.2, -0.15) is 0 Å². The van der Waals surface area contributed by atoms with Crippen molar-refractivity contribution in [2.45, 2.75) is 32.4 Å². The molecule has 6 aromatic carbocycles. The van der Waals surface area contributed by atoms with Crippen molar-refractivity contribution in [2.24, 2.45) is 0 Å². The van der Waals surface area contributed by atoms with Crippen molar-refractivity contribution in [3.8, 4) is 33.8 Å². The number of hydrazine groups is 1. The molecule has 312 valence electrons. The van der Waals surface area contributed by atoms with Crippen LogP contribution >= 0.6 is 0 Å². The molecule has 3 amide bonds. The van der Waals surface area contributed by atoms with Gasteiger partial charge in [0.05, 0.1) is 18.5 Å². The van der Waals surface area contributed by atoms with Gasteiger partial charge in [0, 0.05) is 73.2 Å². The minimum absolute atomic E-state index is 0.0910. The lowest BCUT2D eigenvalue weighted by Crippen LogP contribution is -2.43. The molecule has 0 bridgehead atoms. The van der Waals surface area contributed by atoms with Crippen LogP contribution in [-0.2, 0) is 11.3 Å². The fourth-order valence-electron chi connectivity index (χ4n) is 7.60. The molecule has 7 rings (SSSR count). The molecule has 1 aliphatic rings. The summed E-state index contributed by atoms with van der Waals surface area (Å²) in [7, 11) is 1.52. The van der Waals surface area contributed by atoms with Crippen LogP contribution in [0.1, 0.15) is 46.0 Å². The number of phenolic OH excluding ortho intramolecular Hbond substituents is 1. The van der Waals surface area contributed by atoms with Crippen LogP contribution in [0, 0.1) is 0 Å². The first-order valence-electron chi connectivity index (χ1n) is 20.6. The van der Waals surface area contributed by atoms with Gasteiger partial charge in [0.15, 0.2) is 0 Å². The number of para-hydroxylation sites is 2. The van der Waals surface area contributed by atoms with E-state index in [2.05, 4.69) is 15.6 Å². The summed E-state index contributed by atoms with van der Waals surface area (Å²) >= 11 is 0. The second kappa shape index (κ2) is 20.3. The predicted molar refractivity (Wildman–Crippen MR) is 239 cm³/mol. The monoisotopic (exact) mass is 817 g/mol. The largest absolute Gasteiger partial charge is 0.508 e. The molecule has 0 aromatic heterocycles. The molecular weight excluding hydrogens is 767 g/mol. The Hall–Kier alpha value is -6.95. The van der Waals surface area contributed by atoms with E-state index in [-0.39, 0.29) is 23.7 Å². The number of rotatable bonds is 15. The highest BCUT2D eigenvalue weighted by atomic mass is 16.6. The molecule has 61 heavy (non-hydrogen) atoms. The van der Waals surface area contributed by atoms with Crippen LogP contribution in [0.3, 0.4) is 0 Å². The maximum Gasteiger partial charge on any atom is 0.419 e. The Morgan fingerprint density at radius 3 is 1.92 bits per heavy atom. The van der Waals surface area contributed by atoms with Crippen molar-refractivity contribution in [1.29, 1.82) is 0 Å². The van der Waals surface area contributed by atoms with E-state index in [1.807, 2.05) is 116 Å². The lowest BCUT2D eigenvalue weighted by molar-refractivity contribution is 0.0560. The Morgan fingerprint density at radius 2 is 1.31 bits per heavy atom. The maximum absolute atomic E-state index is 14.5. The molecule has 11 heteroatoms. The first-order chi connectivity index (χ1) is 29.8. The van der Waals surface area contributed by atoms with Crippen molar-refractivity contribution in [2.75, 3.05) is 44.7 Å². The molecule has 0 unspecified atom stereocenters. The number of nitrogens with zero attached hydrogens (tertiary/aromatic N) is 3. The summed E-state index contributed by atoms with van der Waals surface area (Å²) in [5.41, 5.74) is 9.97. The normalized spacial score (nSPS) is 13.0. The molecule has 1 saturated heterocycles. The SMILES string of the molecule is CCN(NCc1ccc(O)cc1OC)C(=O)c1cccc(C(=O)NCCN2CCC(OC(=O)N(c3ccccc3-c3ccccc3)c3ccccc3-c3ccccc3)CC2)c1. The van der Waals surface area contributed by atoms with Crippen molar-refractivity contribution in [1.82, 2.24) is 20.7 Å². The third-order valence-electron chi connectivity index (χ3n) is 10.8. The zero-order chi connectivity index (χ0) is 42.6. The van der Waals surface area contributed by atoms with Crippen LogP contribution in [0.5, 0.6) is 11.5 Å². The van der Waals surface area contributed by atoms with E-state index in [9.17, 15) is 19.5 Å². The highest BCUT2D eigenvalue weighted by Crippen LogP contribution is 2.40. The van der Waals surface area contributed by atoms with Crippen LogP contribution in [0.25, 0.3) is 22.3 Å². The quantitative estimate of drug-likeness (QED) is 0.0878. The highest BCUT2D eigenvalue weighted by Gasteiger charge is 2.30. The zero-order valence-electron chi connectivity index (χ0n) is 34.5. The molecule has 6 aromatic rings. The third kappa shape index (κ3) is 10.4. The zero-order valence-corrected chi connectivity index (χ0v) is 34.5. The Labute approximate surface area is 357 Å². The van der Waals surface area contributed by atoms with Gasteiger partial charge < -0.3 is 24.8 Å². The van der Waals surface area contributed by atoms with Crippen LogP contribution in [0.15, 0.2) is 152 Å². The van der Waals surface area contributed by atoms with E-state index >= 15 is 0 Å². The number of ether oxygens (including phenoxy) is 2. The number of benzene rings is 6. The van der Waals surface area contributed by atoms with Crippen LogP contribution in [0.2, 0.25) is 0 Å². The van der Waals surface area contributed by atoms with Crippen molar-refractivity contribution < 1.29 is 29.0 Å². The number of likely N-dealkylation sites (tertiary alicyclic amines) is 1. The molecule has 1 fully saturated rings. The smallest absolute Gasteiger partial charge is 0.419 e. The van der Waals surface area contributed by atoms with Gasteiger partial charge in [-0.05, 0) is 67.3 Å². The average molecular weight is 818 g/mol. The molecule has 0 atom stereocenters. The summed E-state index contributed by atoms with van der Waals surface area (Å²) in [6, 6.07) is 47.4. The summed E-state index contributed by atoms with van der Waals surface area (Å²) in [6.07, 6.45) is 0.586. The maximum atomic E-state index is 14.5. The molecule has 0 radical (unpaired) electrons. The summed E-state index contributed by atoms with van der Waals surface area (Å²) in [5.74, 6) is 0.0535. The van der Waals surface area contributed by atoms with Gasteiger partial charge in [-0.25, -0.2) is 15.1 Å². The Morgan fingerprint density at radius 1 is 0.721 bits per heavy atom. The van der Waals surface area contributed by atoms with Crippen LogP contribution in [0.4, 0.5) is 16.2 Å². The number of carbonyl (C=O) groups is 3.